The third-order valence-corrected chi connectivity index (χ3v) is 9.01. The van der Waals surface area contributed by atoms with Crippen LogP contribution in [0.4, 0.5) is 21.9 Å². The summed E-state index contributed by atoms with van der Waals surface area (Å²) in [6.07, 6.45) is 7.55. The molecule has 0 spiro atoms. The summed E-state index contributed by atoms with van der Waals surface area (Å²) in [4.78, 5) is 20.1. The van der Waals surface area contributed by atoms with E-state index in [-0.39, 0.29) is 24.1 Å². The van der Waals surface area contributed by atoms with Crippen molar-refractivity contribution in [3.63, 3.8) is 0 Å². The molecular formula is C34H44N8O5. The molecule has 47 heavy (non-hydrogen) atoms. The largest absolute Gasteiger partial charge is 0.491 e. The van der Waals surface area contributed by atoms with Crippen molar-refractivity contribution in [1.29, 1.82) is 5.41 Å². The number of amides is 2. The van der Waals surface area contributed by atoms with Gasteiger partial charge in [0.05, 0.1) is 31.0 Å². The zero-order valence-electron chi connectivity index (χ0n) is 26.9. The lowest BCUT2D eigenvalue weighted by molar-refractivity contribution is -0.231. The van der Waals surface area contributed by atoms with Crippen LogP contribution in [0.5, 0.6) is 5.75 Å². The molecule has 2 N–H and O–H groups in total. The van der Waals surface area contributed by atoms with Crippen molar-refractivity contribution in [2.75, 3.05) is 67.3 Å². The molecule has 0 saturated carbocycles. The molecule has 0 aliphatic carbocycles. The van der Waals surface area contributed by atoms with E-state index in [0.29, 0.717) is 38.7 Å². The number of ether oxygens (including phenoxy) is 4. The Bertz CT molecular complexity index is 1460. The molecule has 3 aliphatic heterocycles. The van der Waals surface area contributed by atoms with E-state index in [1.54, 1.807) is 23.3 Å². The first-order chi connectivity index (χ1) is 23.0. The highest BCUT2D eigenvalue weighted by molar-refractivity contribution is 6.06. The van der Waals surface area contributed by atoms with E-state index in [9.17, 15) is 4.79 Å². The summed E-state index contributed by atoms with van der Waals surface area (Å²) in [6, 6.07) is 15.4. The van der Waals surface area contributed by atoms with Crippen molar-refractivity contribution >= 4 is 29.4 Å². The Hall–Kier alpha value is -4.46. The number of nitrogens with one attached hydrogen (secondary N) is 2. The fourth-order valence-corrected chi connectivity index (χ4v) is 6.31. The molecule has 13 heteroatoms. The van der Waals surface area contributed by atoms with Gasteiger partial charge in [0.15, 0.2) is 5.79 Å². The zero-order chi connectivity index (χ0) is 32.6. The van der Waals surface area contributed by atoms with Gasteiger partial charge in [-0.25, -0.2) is 4.79 Å². The van der Waals surface area contributed by atoms with E-state index in [2.05, 4.69) is 44.0 Å². The van der Waals surface area contributed by atoms with Gasteiger partial charge in [-0.05, 0) is 68.3 Å². The molecular weight excluding hydrogens is 600 g/mol. The van der Waals surface area contributed by atoms with Crippen molar-refractivity contribution in [2.24, 2.45) is 5.92 Å². The molecule has 3 aliphatic rings. The predicted octanol–water partition coefficient (Wildman–Crippen LogP) is 3.92. The van der Waals surface area contributed by atoms with Crippen LogP contribution in [-0.4, -0.2) is 97.9 Å². The zero-order valence-corrected chi connectivity index (χ0v) is 26.9. The van der Waals surface area contributed by atoms with Crippen LogP contribution in [0.25, 0.3) is 0 Å². The molecule has 13 nitrogen and oxygen atoms in total. The predicted molar refractivity (Wildman–Crippen MR) is 179 cm³/mol. The number of rotatable bonds is 12. The first kappa shape index (κ1) is 32.5. The number of benzene rings is 2. The Morgan fingerprint density at radius 3 is 2.28 bits per heavy atom. The summed E-state index contributed by atoms with van der Waals surface area (Å²) in [6.45, 7) is 11.7. The standard InChI is InChI=1S/C34H44N8O5/c1-3-26(2)38-33(43)41(25-35)30-6-4-28(5-7-30)39-16-18-40(19-17-39)29-8-10-31(11-9-29)45-22-32-23-46-34(47-32,24-42-36-14-15-37-42)27-12-20-44-21-13-27/h3-11,14-15,25-27,32,35H,1,12-13,16-24H2,2H3,(H,38,43). The van der Waals surface area contributed by atoms with E-state index in [1.807, 2.05) is 43.3 Å². The van der Waals surface area contributed by atoms with Gasteiger partial charge >= 0.3 is 6.03 Å². The molecule has 2 aromatic carbocycles. The second-order valence-corrected chi connectivity index (χ2v) is 12.1. The summed E-state index contributed by atoms with van der Waals surface area (Å²) in [5.74, 6) is 0.209. The number of urea groups is 1. The number of piperazine rings is 1. The number of anilines is 3. The van der Waals surface area contributed by atoms with E-state index in [1.165, 1.54) is 4.90 Å². The van der Waals surface area contributed by atoms with Crippen molar-refractivity contribution in [1.82, 2.24) is 20.3 Å². The van der Waals surface area contributed by atoms with Crippen LogP contribution in [0.2, 0.25) is 0 Å². The highest BCUT2D eigenvalue weighted by atomic mass is 16.8. The maximum absolute atomic E-state index is 12.5. The maximum Gasteiger partial charge on any atom is 0.327 e. The summed E-state index contributed by atoms with van der Waals surface area (Å²) in [5, 5.41) is 19.1. The van der Waals surface area contributed by atoms with Gasteiger partial charge in [-0.2, -0.15) is 15.0 Å². The van der Waals surface area contributed by atoms with E-state index in [0.717, 1.165) is 62.5 Å². The summed E-state index contributed by atoms with van der Waals surface area (Å²) in [7, 11) is 0. The van der Waals surface area contributed by atoms with Gasteiger partial charge in [0.2, 0.25) is 0 Å². The minimum absolute atomic E-state index is 0.189. The Labute approximate surface area is 275 Å². The molecule has 3 saturated heterocycles. The minimum Gasteiger partial charge on any atom is -0.491 e. The fraction of sp³-hybridized carbons (Fsp3) is 0.471. The van der Waals surface area contributed by atoms with Crippen molar-refractivity contribution in [3.8, 4) is 5.75 Å². The molecule has 3 fully saturated rings. The van der Waals surface area contributed by atoms with Gasteiger partial charge in [0, 0.05) is 62.7 Å². The number of carbonyl (C=O) groups is 1. The first-order valence-electron chi connectivity index (χ1n) is 16.3. The smallest absolute Gasteiger partial charge is 0.327 e. The molecule has 2 amide bonds. The van der Waals surface area contributed by atoms with Crippen LogP contribution >= 0.6 is 0 Å². The second-order valence-electron chi connectivity index (χ2n) is 12.1. The molecule has 0 radical (unpaired) electrons. The van der Waals surface area contributed by atoms with Gasteiger partial charge in [0.1, 0.15) is 25.0 Å². The SMILES string of the molecule is C=CC(C)NC(=O)N(C=N)c1ccc(N2CCN(c3ccc(OCC4COC(Cn5nccn5)(C5CCOCC5)O4)cc3)CC2)cc1. The van der Waals surface area contributed by atoms with Gasteiger partial charge in [0.25, 0.3) is 0 Å². The summed E-state index contributed by atoms with van der Waals surface area (Å²) in [5.41, 5.74) is 2.87. The number of hydrogen-bond acceptors (Lipinski definition) is 10. The molecule has 3 unspecified atom stereocenters. The highest BCUT2D eigenvalue weighted by Crippen LogP contribution is 2.38. The topological polar surface area (TPSA) is 130 Å². The molecule has 250 valence electrons. The van der Waals surface area contributed by atoms with Crippen molar-refractivity contribution in [2.45, 2.75) is 44.2 Å². The molecule has 1 aromatic heterocycles. The van der Waals surface area contributed by atoms with Crippen molar-refractivity contribution < 1.29 is 23.7 Å². The number of hydrogen-bond donors (Lipinski definition) is 2. The van der Waals surface area contributed by atoms with Gasteiger partial charge in [-0.3, -0.25) is 10.3 Å². The number of carbonyl (C=O) groups excluding carboxylic acids is 1. The third-order valence-electron chi connectivity index (χ3n) is 9.01. The van der Waals surface area contributed by atoms with E-state index >= 15 is 0 Å². The summed E-state index contributed by atoms with van der Waals surface area (Å²) >= 11 is 0. The molecule has 3 atom stereocenters. The lowest BCUT2D eigenvalue weighted by Crippen LogP contribution is -2.47. The normalized spacial score (nSPS) is 22.4. The fourth-order valence-electron chi connectivity index (χ4n) is 6.31. The van der Waals surface area contributed by atoms with Crippen LogP contribution in [0, 0.1) is 11.3 Å². The summed E-state index contributed by atoms with van der Waals surface area (Å²) < 4.78 is 24.6. The first-order valence-corrected chi connectivity index (χ1v) is 16.3. The minimum atomic E-state index is -0.785. The van der Waals surface area contributed by atoms with Gasteiger partial charge in [-0.15, -0.1) is 6.58 Å². The number of aromatic nitrogens is 3. The Morgan fingerprint density at radius 1 is 1.06 bits per heavy atom. The van der Waals surface area contributed by atoms with E-state index in [4.69, 9.17) is 24.4 Å². The monoisotopic (exact) mass is 644 g/mol. The van der Waals surface area contributed by atoms with Crippen LogP contribution < -0.4 is 24.8 Å². The lowest BCUT2D eigenvalue weighted by Gasteiger charge is -2.37. The van der Waals surface area contributed by atoms with Crippen LogP contribution in [0.15, 0.2) is 73.6 Å². The Balaban J connectivity index is 0.981. The molecule has 3 aromatic rings. The Kier molecular flexibility index (Phi) is 10.3. The molecule has 4 heterocycles. The maximum atomic E-state index is 12.5. The lowest BCUT2D eigenvalue weighted by atomic mass is 9.90. The average Bonchev–Trinajstić information content (AvgIpc) is 3.79. The quantitative estimate of drug-likeness (QED) is 0.171. The van der Waals surface area contributed by atoms with Crippen LogP contribution in [0.3, 0.4) is 0 Å². The van der Waals surface area contributed by atoms with E-state index < -0.39 is 5.79 Å². The average molecular weight is 645 g/mol. The molecule has 0 bridgehead atoms. The van der Waals surface area contributed by atoms with Crippen molar-refractivity contribution in [3.05, 3.63) is 73.6 Å². The second kappa shape index (κ2) is 15.0. The third kappa shape index (κ3) is 7.75. The van der Waals surface area contributed by atoms with Gasteiger partial charge < -0.3 is 34.1 Å². The Morgan fingerprint density at radius 2 is 1.68 bits per heavy atom. The molecule has 6 rings (SSSR count). The van der Waals surface area contributed by atoms with Gasteiger partial charge in [-0.1, -0.05) is 6.08 Å². The number of nitrogens with zero attached hydrogens (tertiary/aromatic N) is 6. The van der Waals surface area contributed by atoms with Crippen LogP contribution in [-0.2, 0) is 20.8 Å². The van der Waals surface area contributed by atoms with Crippen LogP contribution in [0.1, 0.15) is 19.8 Å². The highest BCUT2D eigenvalue weighted by Gasteiger charge is 2.49.